The Labute approximate surface area is 400 Å². The van der Waals surface area contributed by atoms with Crippen LogP contribution in [-0.2, 0) is 5.41 Å². The summed E-state index contributed by atoms with van der Waals surface area (Å²) in [5, 5.41) is 2.56. The molecule has 4 heteroatoms. The zero-order valence-corrected chi connectivity index (χ0v) is 38.8. The molecule has 0 saturated heterocycles. The molecule has 0 fully saturated rings. The number of rotatable bonds is 7. The van der Waals surface area contributed by atoms with E-state index in [0.29, 0.717) is 0 Å². The maximum Gasteiger partial charge on any atom is 0.0544 e. The first kappa shape index (κ1) is 39.8. The smallest absolute Gasteiger partial charge is 0.0544 e. The van der Waals surface area contributed by atoms with Gasteiger partial charge in [0, 0.05) is 58.5 Å². The minimum absolute atomic E-state index is 0.159. The number of aromatic nitrogens is 1. The molecular weight excluding hydrogens is 849 g/mol. The van der Waals surface area contributed by atoms with Crippen molar-refractivity contribution in [2.75, 3.05) is 4.90 Å². The summed E-state index contributed by atoms with van der Waals surface area (Å²) >= 11 is 3.85. The monoisotopic (exact) mass is 892 g/mol. The Hall–Kier alpha value is -7.50. The van der Waals surface area contributed by atoms with Crippen molar-refractivity contribution in [2.24, 2.45) is 0 Å². The molecular formula is C63H44N2S2. The molecule has 1 aliphatic heterocycles. The maximum absolute atomic E-state index is 2.49. The third-order valence-electron chi connectivity index (χ3n) is 13.9. The van der Waals surface area contributed by atoms with Crippen molar-refractivity contribution in [1.29, 1.82) is 0 Å². The lowest BCUT2D eigenvalue weighted by atomic mass is 9.82. The normalized spacial score (nSPS) is 13.2. The lowest BCUT2D eigenvalue weighted by molar-refractivity contribution is 0.643. The summed E-state index contributed by atoms with van der Waals surface area (Å²) in [4.78, 5) is 7.81. The molecule has 318 valence electrons. The van der Waals surface area contributed by atoms with Gasteiger partial charge in [0.1, 0.15) is 0 Å². The van der Waals surface area contributed by atoms with Crippen LogP contribution in [0.4, 0.5) is 17.1 Å². The summed E-state index contributed by atoms with van der Waals surface area (Å²) in [6.45, 7) is 4.84. The van der Waals surface area contributed by atoms with Gasteiger partial charge in [-0.1, -0.05) is 183 Å². The van der Waals surface area contributed by atoms with Crippen molar-refractivity contribution in [3.8, 4) is 50.2 Å². The van der Waals surface area contributed by atoms with E-state index in [1.807, 2.05) is 23.5 Å². The summed E-state index contributed by atoms with van der Waals surface area (Å²) in [6, 6.07) is 84.5. The zero-order valence-electron chi connectivity index (χ0n) is 37.2. The molecule has 1 aliphatic carbocycles. The molecule has 0 atom stereocenters. The second-order valence-electron chi connectivity index (χ2n) is 18.1. The van der Waals surface area contributed by atoms with Crippen LogP contribution < -0.4 is 4.90 Å². The van der Waals surface area contributed by atoms with E-state index in [9.17, 15) is 0 Å². The molecule has 67 heavy (non-hydrogen) atoms. The van der Waals surface area contributed by atoms with Crippen molar-refractivity contribution >= 4 is 62.4 Å². The molecule has 0 saturated carbocycles. The van der Waals surface area contributed by atoms with Crippen LogP contribution in [0.15, 0.2) is 250 Å². The van der Waals surface area contributed by atoms with E-state index in [1.54, 1.807) is 0 Å². The topological polar surface area (TPSA) is 8.17 Å². The average Bonchev–Trinajstić information content (AvgIpc) is 3.83. The number of para-hydroxylation sites is 1. The van der Waals surface area contributed by atoms with Crippen LogP contribution in [0, 0.1) is 0 Å². The van der Waals surface area contributed by atoms with Gasteiger partial charge in [-0.15, -0.1) is 0 Å². The predicted molar refractivity (Wildman–Crippen MR) is 284 cm³/mol. The van der Waals surface area contributed by atoms with Crippen LogP contribution in [-0.4, -0.2) is 4.57 Å². The number of hydrogen-bond acceptors (Lipinski definition) is 3. The highest BCUT2D eigenvalue weighted by Crippen LogP contribution is 2.59. The molecule has 1 aromatic heterocycles. The molecule has 2 nitrogen and oxygen atoms in total. The standard InChI is InChI=1S/C63H44N2S2/c1-63(2)55-40-57-54(39-53(55)52-37-38-60-62(61(52)63)67-59-20-12-11-19-58(59)66-60)51-17-9-10-18-56(51)65(57)50-35-27-46(28-36-50)45-25-33-49(34-26-45)64(47-29-21-43(22-30-47)41-13-5-3-6-14-41)48-31-23-44(24-32-48)42-15-7-4-8-16-42/h3-40H,1-2H3. The number of anilines is 3. The largest absolute Gasteiger partial charge is 0.311 e. The van der Waals surface area contributed by atoms with Crippen LogP contribution in [0.2, 0.25) is 0 Å². The Morgan fingerprint density at radius 1 is 0.373 bits per heavy atom. The van der Waals surface area contributed by atoms with Gasteiger partial charge in [-0.25, -0.2) is 0 Å². The Morgan fingerprint density at radius 3 is 1.42 bits per heavy atom. The van der Waals surface area contributed by atoms with Crippen molar-refractivity contribution in [3.63, 3.8) is 0 Å². The van der Waals surface area contributed by atoms with Crippen molar-refractivity contribution in [2.45, 2.75) is 38.8 Å². The van der Waals surface area contributed by atoms with Gasteiger partial charge in [0.15, 0.2) is 0 Å². The van der Waals surface area contributed by atoms with Gasteiger partial charge < -0.3 is 9.47 Å². The Bertz CT molecular complexity index is 3580. The summed E-state index contributed by atoms with van der Waals surface area (Å²) in [5.74, 6) is 0. The van der Waals surface area contributed by atoms with E-state index >= 15 is 0 Å². The Balaban J connectivity index is 0.845. The first-order valence-corrected chi connectivity index (χ1v) is 24.6. The van der Waals surface area contributed by atoms with Gasteiger partial charge in [0.05, 0.1) is 11.0 Å². The first-order valence-electron chi connectivity index (χ1n) is 23.0. The number of fused-ring (bicyclic) bond motifs is 9. The second-order valence-corrected chi connectivity index (χ2v) is 20.2. The van der Waals surface area contributed by atoms with Crippen LogP contribution in [0.3, 0.4) is 0 Å². The molecule has 11 aromatic rings. The molecule has 0 amide bonds. The maximum atomic E-state index is 2.49. The first-order chi connectivity index (χ1) is 33.0. The lowest BCUT2D eigenvalue weighted by Gasteiger charge is -2.28. The molecule has 0 bridgehead atoms. The van der Waals surface area contributed by atoms with Gasteiger partial charge >= 0.3 is 0 Å². The summed E-state index contributed by atoms with van der Waals surface area (Å²) in [7, 11) is 0. The van der Waals surface area contributed by atoms with Gasteiger partial charge in [0.25, 0.3) is 0 Å². The van der Waals surface area contributed by atoms with Crippen LogP contribution in [0.1, 0.15) is 25.0 Å². The molecule has 2 aliphatic rings. The highest BCUT2D eigenvalue weighted by molar-refractivity contribution is 8.05. The molecule has 10 aromatic carbocycles. The third kappa shape index (κ3) is 6.66. The van der Waals surface area contributed by atoms with Crippen molar-refractivity contribution < 1.29 is 0 Å². The minimum atomic E-state index is -0.159. The molecule has 2 heterocycles. The molecule has 13 rings (SSSR count). The van der Waals surface area contributed by atoms with Crippen LogP contribution >= 0.6 is 23.5 Å². The van der Waals surface area contributed by atoms with Crippen LogP contribution in [0.25, 0.3) is 72.0 Å². The quantitative estimate of drug-likeness (QED) is 0.158. The molecule has 0 spiro atoms. The van der Waals surface area contributed by atoms with Crippen molar-refractivity contribution in [1.82, 2.24) is 4.57 Å². The van der Waals surface area contributed by atoms with Gasteiger partial charge in [-0.3, -0.25) is 0 Å². The van der Waals surface area contributed by atoms with Gasteiger partial charge in [0.2, 0.25) is 0 Å². The fourth-order valence-electron chi connectivity index (χ4n) is 10.5. The fourth-order valence-corrected chi connectivity index (χ4v) is 13.1. The molecule has 0 radical (unpaired) electrons. The van der Waals surface area contributed by atoms with E-state index in [2.05, 4.69) is 254 Å². The van der Waals surface area contributed by atoms with Gasteiger partial charge in [-0.2, -0.15) is 0 Å². The van der Waals surface area contributed by atoms with E-state index in [1.165, 1.54) is 97.0 Å². The summed E-state index contributed by atoms with van der Waals surface area (Å²) in [6.07, 6.45) is 0. The SMILES string of the molecule is CC1(C)c2cc3c(cc2-c2ccc4c(c21)Sc1ccccc1S4)c1ccccc1n3-c1ccc(-c2ccc(N(c3ccc(-c4ccccc4)cc3)c3ccc(-c4ccccc4)cc3)cc2)cc1. The minimum Gasteiger partial charge on any atom is -0.311 e. The Kier molecular flexibility index (Phi) is 9.42. The van der Waals surface area contributed by atoms with Gasteiger partial charge in [-0.05, 0) is 141 Å². The summed E-state index contributed by atoms with van der Waals surface area (Å²) in [5.41, 5.74) is 19.5. The lowest BCUT2D eigenvalue weighted by Crippen LogP contribution is -2.17. The zero-order chi connectivity index (χ0) is 44.6. The summed E-state index contributed by atoms with van der Waals surface area (Å²) < 4.78 is 2.47. The number of hydrogen-bond donors (Lipinski definition) is 0. The third-order valence-corrected chi connectivity index (χ3v) is 16.5. The van der Waals surface area contributed by atoms with E-state index in [-0.39, 0.29) is 5.41 Å². The second kappa shape index (κ2) is 15.8. The van der Waals surface area contributed by atoms with E-state index < -0.39 is 0 Å². The average molecular weight is 893 g/mol. The van der Waals surface area contributed by atoms with E-state index in [0.717, 1.165) is 22.7 Å². The predicted octanol–water partition coefficient (Wildman–Crippen LogP) is 18.2. The highest BCUT2D eigenvalue weighted by Gasteiger charge is 2.40. The Morgan fingerprint density at radius 2 is 0.851 bits per heavy atom. The number of benzene rings is 10. The van der Waals surface area contributed by atoms with Crippen LogP contribution in [0.5, 0.6) is 0 Å². The van der Waals surface area contributed by atoms with Crippen molar-refractivity contribution in [3.05, 3.63) is 242 Å². The van der Waals surface area contributed by atoms with E-state index in [4.69, 9.17) is 0 Å². The molecule has 0 unspecified atom stereocenters. The fraction of sp³-hybridized carbons (Fsp3) is 0.0476. The molecule has 0 N–H and O–H groups in total. The highest BCUT2D eigenvalue weighted by atomic mass is 32.2. The number of nitrogens with zero attached hydrogens (tertiary/aromatic N) is 2.